The van der Waals surface area contributed by atoms with Gasteiger partial charge in [-0.1, -0.05) is 66.7 Å². The number of thioether (sulfide) groups is 1. The molecule has 0 atom stereocenters. The van der Waals surface area contributed by atoms with Crippen LogP contribution in [-0.2, 0) is 14.3 Å². The second-order valence-corrected chi connectivity index (χ2v) is 10.1. The van der Waals surface area contributed by atoms with Crippen LogP contribution >= 0.6 is 23.1 Å². The van der Waals surface area contributed by atoms with Gasteiger partial charge in [-0.2, -0.15) is 11.8 Å². The number of esters is 1. The molecule has 3 aromatic rings. The quantitative estimate of drug-likeness (QED) is 0.281. The first kappa shape index (κ1) is 25.5. The van der Waals surface area contributed by atoms with Gasteiger partial charge >= 0.3 is 12.1 Å². The number of anilines is 1. The average molecular weight is 497 g/mol. The van der Waals surface area contributed by atoms with E-state index in [0.29, 0.717) is 22.2 Å². The molecule has 34 heavy (non-hydrogen) atoms. The second-order valence-electron chi connectivity index (χ2n) is 8.34. The predicted molar refractivity (Wildman–Crippen MR) is 139 cm³/mol. The molecule has 1 N–H and O–H groups in total. The molecule has 178 valence electrons. The van der Waals surface area contributed by atoms with Gasteiger partial charge in [0, 0.05) is 11.1 Å². The number of nitrogens with zero attached hydrogens (tertiary/aromatic N) is 1. The SMILES string of the molecule is CSC/C=C(\C(=O)OC(c1ccccc1)c1ccccc1)c1csc(NC(=O)OC(C)(C)C)n1. The van der Waals surface area contributed by atoms with Gasteiger partial charge in [-0.3, -0.25) is 5.32 Å². The van der Waals surface area contributed by atoms with Crippen molar-refractivity contribution in [3.8, 4) is 0 Å². The summed E-state index contributed by atoms with van der Waals surface area (Å²) in [5, 5.41) is 4.69. The molecule has 6 nitrogen and oxygen atoms in total. The van der Waals surface area contributed by atoms with Gasteiger partial charge in [0.25, 0.3) is 0 Å². The summed E-state index contributed by atoms with van der Waals surface area (Å²) in [6.07, 6.45) is 2.59. The highest BCUT2D eigenvalue weighted by molar-refractivity contribution is 7.98. The number of carbonyl (C=O) groups excluding carboxylic acids is 2. The number of nitrogens with one attached hydrogen (secondary N) is 1. The number of amides is 1. The maximum Gasteiger partial charge on any atom is 0.413 e. The van der Waals surface area contributed by atoms with Crippen molar-refractivity contribution in [2.75, 3.05) is 17.3 Å². The first-order valence-electron chi connectivity index (χ1n) is 10.7. The van der Waals surface area contributed by atoms with Crippen molar-refractivity contribution in [3.63, 3.8) is 0 Å². The van der Waals surface area contributed by atoms with Crippen LogP contribution in [0.25, 0.3) is 5.57 Å². The molecule has 8 heteroatoms. The molecule has 0 bridgehead atoms. The van der Waals surface area contributed by atoms with E-state index in [4.69, 9.17) is 9.47 Å². The Kier molecular flexibility index (Phi) is 8.90. The molecule has 0 aliphatic rings. The van der Waals surface area contributed by atoms with Crippen molar-refractivity contribution in [3.05, 3.63) is 88.9 Å². The number of hydrogen-bond donors (Lipinski definition) is 1. The molecule has 0 unspecified atom stereocenters. The summed E-state index contributed by atoms with van der Waals surface area (Å²) in [4.78, 5) is 29.9. The summed E-state index contributed by atoms with van der Waals surface area (Å²) in [7, 11) is 0. The van der Waals surface area contributed by atoms with Crippen LogP contribution in [0.1, 0.15) is 43.7 Å². The molecule has 0 aliphatic heterocycles. The first-order valence-corrected chi connectivity index (χ1v) is 13.0. The third-order valence-electron chi connectivity index (χ3n) is 4.49. The fraction of sp³-hybridized carbons (Fsp3) is 0.269. The van der Waals surface area contributed by atoms with Crippen molar-refractivity contribution in [1.82, 2.24) is 4.98 Å². The molecule has 0 radical (unpaired) electrons. The first-order chi connectivity index (χ1) is 16.3. The van der Waals surface area contributed by atoms with E-state index >= 15 is 0 Å². The lowest BCUT2D eigenvalue weighted by Crippen LogP contribution is -2.27. The van der Waals surface area contributed by atoms with Crippen LogP contribution in [0.3, 0.4) is 0 Å². The summed E-state index contributed by atoms with van der Waals surface area (Å²) in [6, 6.07) is 19.2. The molecule has 1 heterocycles. The second kappa shape index (κ2) is 11.9. The molecule has 1 amide bonds. The summed E-state index contributed by atoms with van der Waals surface area (Å²) in [5.41, 5.74) is 1.91. The molecule has 0 saturated heterocycles. The van der Waals surface area contributed by atoms with Gasteiger partial charge in [-0.25, -0.2) is 14.6 Å². The lowest BCUT2D eigenvalue weighted by molar-refractivity contribution is -0.140. The summed E-state index contributed by atoms with van der Waals surface area (Å²) >= 11 is 2.80. The minimum absolute atomic E-state index is 0.342. The van der Waals surface area contributed by atoms with Crippen molar-refractivity contribution < 1.29 is 19.1 Å². The summed E-state index contributed by atoms with van der Waals surface area (Å²) in [5.74, 6) is 0.124. The highest BCUT2D eigenvalue weighted by atomic mass is 32.2. The number of rotatable bonds is 8. The predicted octanol–water partition coefficient (Wildman–Crippen LogP) is 6.57. The summed E-state index contributed by atoms with van der Waals surface area (Å²) in [6.45, 7) is 5.36. The molecule has 0 saturated carbocycles. The molecule has 2 aromatic carbocycles. The molecular formula is C26H28N2O4S2. The van der Waals surface area contributed by atoms with Gasteiger partial charge in [0.15, 0.2) is 11.2 Å². The smallest absolute Gasteiger partial charge is 0.413 e. The van der Waals surface area contributed by atoms with Gasteiger partial charge in [0.1, 0.15) is 5.60 Å². The number of benzene rings is 2. The van der Waals surface area contributed by atoms with Crippen LogP contribution in [0, 0.1) is 0 Å². The van der Waals surface area contributed by atoms with Gasteiger partial charge in [-0.05, 0) is 38.2 Å². The van der Waals surface area contributed by atoms with E-state index in [1.165, 1.54) is 11.3 Å². The molecule has 0 aliphatic carbocycles. The highest BCUT2D eigenvalue weighted by Gasteiger charge is 2.24. The van der Waals surface area contributed by atoms with Gasteiger partial charge < -0.3 is 9.47 Å². The zero-order valence-corrected chi connectivity index (χ0v) is 21.2. The maximum atomic E-state index is 13.4. The Morgan fingerprint density at radius 1 is 1.06 bits per heavy atom. The van der Waals surface area contributed by atoms with Crippen molar-refractivity contribution in [2.24, 2.45) is 0 Å². The fourth-order valence-corrected chi connectivity index (χ4v) is 4.09. The van der Waals surface area contributed by atoms with Crippen LogP contribution in [0.2, 0.25) is 0 Å². The van der Waals surface area contributed by atoms with Crippen molar-refractivity contribution >= 4 is 45.9 Å². The summed E-state index contributed by atoms with van der Waals surface area (Å²) < 4.78 is 11.3. The molecule has 0 spiro atoms. The Balaban J connectivity index is 1.84. The average Bonchev–Trinajstić information content (AvgIpc) is 3.25. The molecule has 1 aromatic heterocycles. The largest absolute Gasteiger partial charge is 0.449 e. The molecule has 3 rings (SSSR count). The standard InChI is InChI=1S/C26H28N2O4S2/c1-26(2,3)32-25(30)28-24-27-21(17-34-24)20(15-16-33-4)23(29)31-22(18-11-7-5-8-12-18)19-13-9-6-10-14-19/h5-15,17,22H,16H2,1-4H3,(H,27,28,30)/b20-15-. The molecule has 0 fully saturated rings. The Labute approximate surface area is 208 Å². The number of carbonyl (C=O) groups is 2. The lowest BCUT2D eigenvalue weighted by Gasteiger charge is -2.19. The third kappa shape index (κ3) is 7.46. The number of hydrogen-bond acceptors (Lipinski definition) is 7. The van der Waals surface area contributed by atoms with Gasteiger partial charge in [0.05, 0.1) is 11.3 Å². The van der Waals surface area contributed by atoms with E-state index in [2.05, 4.69) is 10.3 Å². The van der Waals surface area contributed by atoms with Crippen LogP contribution in [0.15, 0.2) is 72.1 Å². The zero-order valence-electron chi connectivity index (χ0n) is 19.6. The van der Waals surface area contributed by atoms with Gasteiger partial charge in [0.2, 0.25) is 0 Å². The van der Waals surface area contributed by atoms with E-state index in [1.54, 1.807) is 44.0 Å². The Morgan fingerprint density at radius 3 is 2.18 bits per heavy atom. The van der Waals surface area contributed by atoms with Crippen LogP contribution in [0.5, 0.6) is 0 Å². The van der Waals surface area contributed by atoms with Crippen LogP contribution in [0.4, 0.5) is 9.93 Å². The molecular weight excluding hydrogens is 468 g/mol. The Hall–Kier alpha value is -3.10. The van der Waals surface area contributed by atoms with E-state index in [-0.39, 0.29) is 0 Å². The fourth-order valence-electron chi connectivity index (χ4n) is 3.06. The van der Waals surface area contributed by atoms with E-state index in [9.17, 15) is 9.59 Å². The van der Waals surface area contributed by atoms with E-state index in [0.717, 1.165) is 11.1 Å². The zero-order chi connectivity index (χ0) is 24.6. The Morgan fingerprint density at radius 2 is 1.65 bits per heavy atom. The highest BCUT2D eigenvalue weighted by Crippen LogP contribution is 2.30. The number of aromatic nitrogens is 1. The van der Waals surface area contributed by atoms with Crippen LogP contribution in [-0.4, -0.2) is 34.7 Å². The maximum absolute atomic E-state index is 13.4. The number of thiazole rings is 1. The van der Waals surface area contributed by atoms with Crippen molar-refractivity contribution in [1.29, 1.82) is 0 Å². The van der Waals surface area contributed by atoms with Crippen molar-refractivity contribution in [2.45, 2.75) is 32.5 Å². The monoisotopic (exact) mass is 496 g/mol. The number of ether oxygens (including phenoxy) is 2. The normalized spacial score (nSPS) is 11.9. The van der Waals surface area contributed by atoms with Gasteiger partial charge in [-0.15, -0.1) is 11.3 Å². The van der Waals surface area contributed by atoms with Crippen LogP contribution < -0.4 is 5.32 Å². The topological polar surface area (TPSA) is 77.5 Å². The Bertz CT molecular complexity index is 1080. The van der Waals surface area contributed by atoms with E-state index in [1.807, 2.05) is 66.9 Å². The third-order valence-corrected chi connectivity index (χ3v) is 5.75. The minimum Gasteiger partial charge on any atom is -0.449 e. The lowest BCUT2D eigenvalue weighted by atomic mass is 10.0. The van der Waals surface area contributed by atoms with E-state index < -0.39 is 23.8 Å². The minimum atomic E-state index is -0.624.